The van der Waals surface area contributed by atoms with Gasteiger partial charge in [0.1, 0.15) is 11.6 Å². The highest BCUT2D eigenvalue weighted by molar-refractivity contribution is 6.31. The number of aryl methyl sites for hydroxylation is 1. The number of benzene rings is 2. The van der Waals surface area contributed by atoms with Gasteiger partial charge in [-0.05, 0) is 36.8 Å². The van der Waals surface area contributed by atoms with Crippen LogP contribution in [0.4, 0.5) is 4.39 Å². The van der Waals surface area contributed by atoms with Crippen LogP contribution in [0.25, 0.3) is 22.4 Å². The molecule has 1 heterocycles. The number of aromatic nitrogens is 2. The van der Waals surface area contributed by atoms with E-state index in [0.29, 0.717) is 22.0 Å². The molecule has 18 heavy (non-hydrogen) atoms. The van der Waals surface area contributed by atoms with Crippen LogP contribution in [0, 0.1) is 12.7 Å². The van der Waals surface area contributed by atoms with Crippen molar-refractivity contribution in [1.82, 2.24) is 9.97 Å². The Morgan fingerprint density at radius 2 is 2.00 bits per heavy atom. The molecule has 0 unspecified atom stereocenters. The van der Waals surface area contributed by atoms with Crippen molar-refractivity contribution in [3.63, 3.8) is 0 Å². The number of hydrogen-bond donors (Lipinski definition) is 1. The number of aromatic amines is 1. The van der Waals surface area contributed by atoms with Gasteiger partial charge in [0.25, 0.3) is 0 Å². The molecule has 3 aromatic rings. The Labute approximate surface area is 108 Å². The lowest BCUT2D eigenvalue weighted by Gasteiger charge is -2.03. The van der Waals surface area contributed by atoms with Crippen molar-refractivity contribution in [3.05, 3.63) is 52.8 Å². The van der Waals surface area contributed by atoms with Gasteiger partial charge in [-0.15, -0.1) is 0 Å². The summed E-state index contributed by atoms with van der Waals surface area (Å²) >= 11 is 6.03. The molecule has 4 heteroatoms. The fourth-order valence-corrected chi connectivity index (χ4v) is 2.07. The molecule has 0 atom stereocenters. The predicted octanol–water partition coefficient (Wildman–Crippen LogP) is 4.33. The molecule has 0 saturated carbocycles. The van der Waals surface area contributed by atoms with Crippen LogP contribution >= 0.6 is 11.6 Å². The molecule has 0 spiro atoms. The van der Waals surface area contributed by atoms with Crippen molar-refractivity contribution >= 4 is 22.6 Å². The van der Waals surface area contributed by atoms with Crippen LogP contribution in [-0.2, 0) is 0 Å². The van der Waals surface area contributed by atoms with Crippen LogP contribution in [-0.4, -0.2) is 9.97 Å². The highest BCUT2D eigenvalue weighted by Crippen LogP contribution is 2.28. The number of para-hydroxylation sites is 2. The SMILES string of the molecule is Cc1cc(F)c(-c2nc3ccccc3[nH]2)cc1Cl. The second kappa shape index (κ2) is 4.10. The molecule has 0 aliphatic heterocycles. The minimum Gasteiger partial charge on any atom is -0.338 e. The molecular formula is C14H10ClFN2. The monoisotopic (exact) mass is 260 g/mol. The number of nitrogens with zero attached hydrogens (tertiary/aromatic N) is 1. The number of imidazole rings is 1. The van der Waals surface area contributed by atoms with Crippen molar-refractivity contribution in [2.45, 2.75) is 6.92 Å². The molecule has 0 fully saturated rings. The van der Waals surface area contributed by atoms with E-state index in [1.54, 1.807) is 13.0 Å². The lowest BCUT2D eigenvalue weighted by molar-refractivity contribution is 0.629. The van der Waals surface area contributed by atoms with E-state index >= 15 is 0 Å². The maximum atomic E-state index is 13.9. The third-order valence-corrected chi connectivity index (χ3v) is 3.30. The van der Waals surface area contributed by atoms with E-state index < -0.39 is 0 Å². The molecular weight excluding hydrogens is 251 g/mol. The molecule has 1 N–H and O–H groups in total. The smallest absolute Gasteiger partial charge is 0.141 e. The highest BCUT2D eigenvalue weighted by atomic mass is 35.5. The van der Waals surface area contributed by atoms with Gasteiger partial charge in [-0.1, -0.05) is 23.7 Å². The minimum absolute atomic E-state index is 0.323. The topological polar surface area (TPSA) is 28.7 Å². The zero-order valence-electron chi connectivity index (χ0n) is 9.67. The number of H-pyrrole nitrogens is 1. The first-order valence-electron chi connectivity index (χ1n) is 5.56. The van der Waals surface area contributed by atoms with E-state index in [9.17, 15) is 4.39 Å². The normalized spacial score (nSPS) is 11.1. The summed E-state index contributed by atoms with van der Waals surface area (Å²) in [5, 5.41) is 0.534. The number of halogens is 2. The Bertz CT molecular complexity index is 701. The van der Waals surface area contributed by atoms with E-state index in [-0.39, 0.29) is 5.82 Å². The van der Waals surface area contributed by atoms with E-state index in [1.807, 2.05) is 24.3 Å². The quantitative estimate of drug-likeness (QED) is 0.693. The Hall–Kier alpha value is -1.87. The number of nitrogens with one attached hydrogen (secondary N) is 1. The molecule has 2 aromatic carbocycles. The van der Waals surface area contributed by atoms with Gasteiger partial charge in [0, 0.05) is 5.02 Å². The summed E-state index contributed by atoms with van der Waals surface area (Å²) in [5.41, 5.74) is 2.79. The largest absolute Gasteiger partial charge is 0.338 e. The first-order valence-corrected chi connectivity index (χ1v) is 5.94. The lowest BCUT2D eigenvalue weighted by atomic mass is 10.1. The van der Waals surface area contributed by atoms with Crippen LogP contribution in [0.2, 0.25) is 5.02 Å². The highest BCUT2D eigenvalue weighted by Gasteiger charge is 2.12. The number of fused-ring (bicyclic) bond motifs is 1. The predicted molar refractivity (Wildman–Crippen MR) is 71.2 cm³/mol. The molecule has 0 radical (unpaired) electrons. The fraction of sp³-hybridized carbons (Fsp3) is 0.0714. The van der Waals surface area contributed by atoms with Crippen LogP contribution in [0.3, 0.4) is 0 Å². The van der Waals surface area contributed by atoms with Crippen LogP contribution < -0.4 is 0 Å². The van der Waals surface area contributed by atoms with Crippen molar-refractivity contribution in [2.24, 2.45) is 0 Å². The van der Waals surface area contributed by atoms with E-state index in [4.69, 9.17) is 11.6 Å². The van der Waals surface area contributed by atoms with Crippen LogP contribution in [0.1, 0.15) is 5.56 Å². The maximum Gasteiger partial charge on any atom is 0.141 e. The molecule has 0 aliphatic carbocycles. The Morgan fingerprint density at radius 1 is 1.22 bits per heavy atom. The summed E-state index contributed by atoms with van der Waals surface area (Å²) in [4.78, 5) is 7.45. The standard InChI is InChI=1S/C14H10ClFN2/c1-8-6-11(16)9(7-10(8)15)14-17-12-4-2-3-5-13(12)18-14/h2-7H,1H3,(H,17,18). The third kappa shape index (κ3) is 1.77. The first-order chi connectivity index (χ1) is 8.65. The van der Waals surface area contributed by atoms with Gasteiger partial charge < -0.3 is 4.98 Å². The Morgan fingerprint density at radius 3 is 2.78 bits per heavy atom. The second-order valence-corrected chi connectivity index (χ2v) is 4.59. The van der Waals surface area contributed by atoms with E-state index in [0.717, 1.165) is 11.0 Å². The van der Waals surface area contributed by atoms with E-state index in [2.05, 4.69) is 9.97 Å². The molecule has 3 rings (SSSR count). The number of hydrogen-bond acceptors (Lipinski definition) is 1. The van der Waals surface area contributed by atoms with Gasteiger partial charge >= 0.3 is 0 Å². The minimum atomic E-state index is -0.323. The van der Waals surface area contributed by atoms with Crippen LogP contribution in [0.5, 0.6) is 0 Å². The average molecular weight is 261 g/mol. The zero-order valence-corrected chi connectivity index (χ0v) is 10.4. The van der Waals surface area contributed by atoms with Gasteiger partial charge in [0.05, 0.1) is 16.6 Å². The van der Waals surface area contributed by atoms with Crippen molar-refractivity contribution < 1.29 is 4.39 Å². The third-order valence-electron chi connectivity index (χ3n) is 2.89. The Balaban J connectivity index is 2.22. The number of rotatable bonds is 1. The summed E-state index contributed by atoms with van der Waals surface area (Å²) in [7, 11) is 0. The summed E-state index contributed by atoms with van der Waals surface area (Å²) in [5.74, 6) is 0.173. The molecule has 0 saturated heterocycles. The zero-order chi connectivity index (χ0) is 12.7. The molecule has 90 valence electrons. The maximum absolute atomic E-state index is 13.9. The van der Waals surface area contributed by atoms with Crippen molar-refractivity contribution in [3.8, 4) is 11.4 Å². The fourth-order valence-electron chi connectivity index (χ4n) is 1.91. The summed E-state index contributed by atoms with van der Waals surface area (Å²) in [6, 6.07) is 10.6. The average Bonchev–Trinajstić information content (AvgIpc) is 2.77. The van der Waals surface area contributed by atoms with Crippen molar-refractivity contribution in [1.29, 1.82) is 0 Å². The molecule has 0 aliphatic rings. The van der Waals surface area contributed by atoms with Gasteiger partial charge in [-0.2, -0.15) is 0 Å². The Kier molecular flexibility index (Phi) is 2.56. The van der Waals surface area contributed by atoms with Gasteiger partial charge in [-0.25, -0.2) is 9.37 Å². The lowest BCUT2D eigenvalue weighted by Crippen LogP contribution is -1.89. The van der Waals surface area contributed by atoms with E-state index in [1.165, 1.54) is 6.07 Å². The molecule has 1 aromatic heterocycles. The van der Waals surface area contributed by atoms with Gasteiger partial charge in [-0.3, -0.25) is 0 Å². The molecule has 0 bridgehead atoms. The summed E-state index contributed by atoms with van der Waals surface area (Å²) in [6.45, 7) is 1.77. The summed E-state index contributed by atoms with van der Waals surface area (Å²) < 4.78 is 13.9. The van der Waals surface area contributed by atoms with Crippen LogP contribution in [0.15, 0.2) is 36.4 Å². The molecule has 0 amide bonds. The summed E-state index contributed by atoms with van der Waals surface area (Å²) in [6.07, 6.45) is 0. The molecule has 2 nitrogen and oxygen atoms in total. The van der Waals surface area contributed by atoms with Crippen molar-refractivity contribution in [2.75, 3.05) is 0 Å². The second-order valence-electron chi connectivity index (χ2n) is 4.18. The first kappa shape index (κ1) is 11.2. The van der Waals surface area contributed by atoms with Gasteiger partial charge in [0.2, 0.25) is 0 Å². The van der Waals surface area contributed by atoms with Gasteiger partial charge in [0.15, 0.2) is 0 Å².